The molecule has 17 heavy (non-hydrogen) atoms. The third-order valence-corrected chi connectivity index (χ3v) is 2.19. The maximum Gasteiger partial charge on any atom is 0.335 e. The Labute approximate surface area is 98.9 Å². The van der Waals surface area contributed by atoms with Crippen molar-refractivity contribution < 1.29 is 9.90 Å². The molecule has 1 N–H and O–H groups in total. The van der Waals surface area contributed by atoms with Gasteiger partial charge in [-0.15, -0.1) is 0 Å². The van der Waals surface area contributed by atoms with Crippen molar-refractivity contribution >= 4 is 16.9 Å². The van der Waals surface area contributed by atoms with Gasteiger partial charge in [0.2, 0.25) is 0 Å². The number of hydrogen-bond acceptors (Lipinski definition) is 3. The molecule has 0 atom stereocenters. The van der Waals surface area contributed by atoms with Crippen LogP contribution >= 0.6 is 0 Å². The highest BCUT2D eigenvalue weighted by atomic mass is 16.4. The van der Waals surface area contributed by atoms with Crippen LogP contribution < -0.4 is 0 Å². The van der Waals surface area contributed by atoms with E-state index in [2.05, 4.69) is 5.10 Å². The van der Waals surface area contributed by atoms with E-state index in [-0.39, 0.29) is 5.56 Å². The fourth-order valence-corrected chi connectivity index (χ4v) is 1.46. The Bertz CT molecular complexity index is 594. The fraction of sp³-hybridized carbons (Fsp3) is 0.250. The van der Waals surface area contributed by atoms with Crippen LogP contribution in [0, 0.1) is 11.3 Å². The van der Waals surface area contributed by atoms with Crippen LogP contribution in [-0.2, 0) is 7.05 Å². The number of aromatic carboxylic acids is 1. The molecule has 88 valence electrons. The van der Waals surface area contributed by atoms with Crippen LogP contribution in [0.1, 0.15) is 29.9 Å². The van der Waals surface area contributed by atoms with E-state index in [9.17, 15) is 4.79 Å². The normalized spacial score (nSPS) is 9.29. The molecule has 1 aromatic heterocycles. The Balaban J connectivity index is 0.000000686. The lowest BCUT2D eigenvalue weighted by atomic mass is 10.1. The molecule has 0 aliphatic heterocycles. The molecule has 0 fully saturated rings. The molecule has 2 aromatic rings. The van der Waals surface area contributed by atoms with Crippen LogP contribution in [0.4, 0.5) is 0 Å². The standard InChI is InChI=1S/C10H7N3O2.C2H6/c1-13-9(5-11)7-4-6(10(14)15)2-3-8(7)12-13;1-2/h2-4H,1H3,(H,14,15);1-2H3. The van der Waals surface area contributed by atoms with Gasteiger partial charge in [-0.25, -0.2) is 4.79 Å². The lowest BCUT2D eigenvalue weighted by Crippen LogP contribution is -1.95. The second-order valence-electron chi connectivity index (χ2n) is 3.12. The largest absolute Gasteiger partial charge is 0.478 e. The van der Waals surface area contributed by atoms with Crippen LogP contribution in [0.25, 0.3) is 10.9 Å². The Morgan fingerprint density at radius 3 is 2.65 bits per heavy atom. The van der Waals surface area contributed by atoms with Crippen molar-refractivity contribution in [3.63, 3.8) is 0 Å². The van der Waals surface area contributed by atoms with Crippen LogP contribution in [0.15, 0.2) is 18.2 Å². The molecular weight excluding hydrogens is 218 g/mol. The lowest BCUT2D eigenvalue weighted by molar-refractivity contribution is 0.0697. The molecule has 5 nitrogen and oxygen atoms in total. The number of aromatic nitrogens is 2. The van der Waals surface area contributed by atoms with Crippen molar-refractivity contribution in [3.8, 4) is 6.07 Å². The molecule has 1 heterocycles. The van der Waals surface area contributed by atoms with Crippen LogP contribution in [0.3, 0.4) is 0 Å². The van der Waals surface area contributed by atoms with Gasteiger partial charge in [0.15, 0.2) is 0 Å². The minimum absolute atomic E-state index is 0.159. The first-order valence-corrected chi connectivity index (χ1v) is 5.23. The van der Waals surface area contributed by atoms with Crippen LogP contribution in [0.2, 0.25) is 0 Å². The van der Waals surface area contributed by atoms with Crippen LogP contribution in [-0.4, -0.2) is 20.9 Å². The highest BCUT2D eigenvalue weighted by Gasteiger charge is 2.11. The summed E-state index contributed by atoms with van der Waals surface area (Å²) in [5, 5.41) is 22.3. The van der Waals surface area contributed by atoms with E-state index in [1.54, 1.807) is 13.1 Å². The van der Waals surface area contributed by atoms with Gasteiger partial charge in [-0.05, 0) is 18.2 Å². The predicted molar refractivity (Wildman–Crippen MR) is 63.7 cm³/mol. The first-order valence-electron chi connectivity index (χ1n) is 5.23. The zero-order valence-electron chi connectivity index (χ0n) is 9.93. The highest BCUT2D eigenvalue weighted by molar-refractivity contribution is 5.94. The quantitative estimate of drug-likeness (QED) is 0.815. The summed E-state index contributed by atoms with van der Waals surface area (Å²) in [5.74, 6) is -1.01. The SMILES string of the molecule is CC.Cn1nc2ccc(C(=O)O)cc2c1C#N. The summed E-state index contributed by atoms with van der Waals surface area (Å²) in [6, 6.07) is 6.52. The average molecular weight is 231 g/mol. The second-order valence-corrected chi connectivity index (χ2v) is 3.12. The molecule has 0 aliphatic carbocycles. The maximum atomic E-state index is 10.7. The minimum Gasteiger partial charge on any atom is -0.478 e. The van der Waals surface area contributed by atoms with E-state index in [1.165, 1.54) is 16.8 Å². The first-order chi connectivity index (χ1) is 8.13. The molecule has 0 aliphatic rings. The Kier molecular flexibility index (Phi) is 3.83. The van der Waals surface area contributed by atoms with Crippen molar-refractivity contribution in [2.24, 2.45) is 7.05 Å². The topological polar surface area (TPSA) is 78.9 Å². The summed E-state index contributed by atoms with van der Waals surface area (Å²) >= 11 is 0. The predicted octanol–water partition coefficient (Wildman–Crippen LogP) is 2.17. The van der Waals surface area contributed by atoms with Gasteiger partial charge in [0.25, 0.3) is 0 Å². The lowest BCUT2D eigenvalue weighted by Gasteiger charge is -1.93. The van der Waals surface area contributed by atoms with Gasteiger partial charge in [-0.3, -0.25) is 4.68 Å². The van der Waals surface area contributed by atoms with Gasteiger partial charge in [-0.1, -0.05) is 13.8 Å². The van der Waals surface area contributed by atoms with E-state index in [4.69, 9.17) is 10.4 Å². The number of nitrogens with zero attached hydrogens (tertiary/aromatic N) is 3. The summed E-state index contributed by atoms with van der Waals surface area (Å²) in [7, 11) is 1.65. The van der Waals surface area contributed by atoms with Gasteiger partial charge >= 0.3 is 5.97 Å². The molecule has 0 saturated carbocycles. The number of aryl methyl sites for hydroxylation is 1. The van der Waals surface area contributed by atoms with E-state index >= 15 is 0 Å². The number of carboxylic acid groups (broad SMARTS) is 1. The number of nitriles is 1. The van der Waals surface area contributed by atoms with Crippen molar-refractivity contribution in [1.82, 2.24) is 9.78 Å². The number of rotatable bonds is 1. The molecule has 0 unspecified atom stereocenters. The smallest absolute Gasteiger partial charge is 0.335 e. The van der Waals surface area contributed by atoms with Gasteiger partial charge < -0.3 is 5.11 Å². The molecule has 0 saturated heterocycles. The number of carboxylic acids is 1. The molecular formula is C12H13N3O2. The fourth-order valence-electron chi connectivity index (χ4n) is 1.46. The van der Waals surface area contributed by atoms with Gasteiger partial charge in [0, 0.05) is 12.4 Å². The summed E-state index contributed by atoms with van der Waals surface area (Å²) in [6.45, 7) is 4.00. The summed E-state index contributed by atoms with van der Waals surface area (Å²) in [5.41, 5.74) is 1.15. The molecule has 0 amide bonds. The molecule has 0 spiro atoms. The highest BCUT2D eigenvalue weighted by Crippen LogP contribution is 2.18. The number of hydrogen-bond donors (Lipinski definition) is 1. The number of benzene rings is 1. The Hall–Kier alpha value is -2.35. The van der Waals surface area contributed by atoms with E-state index in [1.807, 2.05) is 19.9 Å². The molecule has 0 bridgehead atoms. The van der Waals surface area contributed by atoms with E-state index in [0.717, 1.165) is 0 Å². The van der Waals surface area contributed by atoms with E-state index in [0.29, 0.717) is 16.6 Å². The molecule has 5 heteroatoms. The molecule has 0 radical (unpaired) electrons. The minimum atomic E-state index is -1.01. The third-order valence-electron chi connectivity index (χ3n) is 2.19. The monoisotopic (exact) mass is 231 g/mol. The summed E-state index contributed by atoms with van der Waals surface area (Å²) < 4.78 is 1.44. The van der Waals surface area contributed by atoms with Crippen molar-refractivity contribution in [2.45, 2.75) is 13.8 Å². The Morgan fingerprint density at radius 1 is 1.47 bits per heavy atom. The number of fused-ring (bicyclic) bond motifs is 1. The molecule has 1 aromatic carbocycles. The van der Waals surface area contributed by atoms with Crippen molar-refractivity contribution in [1.29, 1.82) is 5.26 Å². The number of carbonyl (C=O) groups is 1. The summed E-state index contributed by atoms with van der Waals surface area (Å²) in [6.07, 6.45) is 0. The second kappa shape index (κ2) is 5.12. The van der Waals surface area contributed by atoms with Gasteiger partial charge in [0.1, 0.15) is 11.8 Å². The van der Waals surface area contributed by atoms with Crippen molar-refractivity contribution in [2.75, 3.05) is 0 Å². The van der Waals surface area contributed by atoms with Crippen molar-refractivity contribution in [3.05, 3.63) is 29.5 Å². The Morgan fingerprint density at radius 2 is 2.12 bits per heavy atom. The zero-order valence-corrected chi connectivity index (χ0v) is 9.93. The maximum absolute atomic E-state index is 10.7. The van der Waals surface area contributed by atoms with E-state index < -0.39 is 5.97 Å². The zero-order chi connectivity index (χ0) is 13.0. The van der Waals surface area contributed by atoms with Gasteiger partial charge in [-0.2, -0.15) is 10.4 Å². The summed E-state index contributed by atoms with van der Waals surface area (Å²) in [4.78, 5) is 10.7. The van der Waals surface area contributed by atoms with Gasteiger partial charge in [0.05, 0.1) is 11.1 Å². The third kappa shape index (κ3) is 2.26. The van der Waals surface area contributed by atoms with Crippen LogP contribution in [0.5, 0.6) is 0 Å². The molecule has 2 rings (SSSR count). The average Bonchev–Trinajstić information content (AvgIpc) is 2.65. The first kappa shape index (κ1) is 12.7.